The normalized spacial score (nSPS) is 23.0. The molecule has 1 aromatic carbocycles. The molecule has 4 rings (SSSR count). The van der Waals surface area contributed by atoms with Crippen LogP contribution in [0, 0.1) is 0 Å². The van der Waals surface area contributed by atoms with Crippen molar-refractivity contribution in [1.29, 1.82) is 0 Å². The number of ether oxygens (including phenoxy) is 2. The molecule has 0 unspecified atom stereocenters. The zero-order valence-corrected chi connectivity index (χ0v) is 19.2. The third kappa shape index (κ3) is 6.08. The van der Waals surface area contributed by atoms with Gasteiger partial charge < -0.3 is 14.4 Å². The van der Waals surface area contributed by atoms with Crippen molar-refractivity contribution in [3.05, 3.63) is 41.7 Å². The highest BCUT2D eigenvalue weighted by atomic mass is 35.5. The fourth-order valence-corrected chi connectivity index (χ4v) is 4.90. The van der Waals surface area contributed by atoms with Gasteiger partial charge in [-0.1, -0.05) is 11.6 Å². The van der Waals surface area contributed by atoms with Crippen LogP contribution in [-0.2, 0) is 14.6 Å². The zero-order chi connectivity index (χ0) is 21.8. The summed E-state index contributed by atoms with van der Waals surface area (Å²) in [6.07, 6.45) is 10.9. The van der Waals surface area contributed by atoms with Crippen molar-refractivity contribution in [2.24, 2.45) is 0 Å². The molecule has 2 aliphatic rings. The molecule has 1 aromatic heterocycles. The maximum atomic E-state index is 11.6. The molecule has 31 heavy (non-hydrogen) atoms. The lowest BCUT2D eigenvalue weighted by Crippen LogP contribution is -2.40. The second-order valence-electron chi connectivity index (χ2n) is 8.28. The molecule has 0 amide bonds. The van der Waals surface area contributed by atoms with E-state index in [1.165, 1.54) is 6.26 Å². The van der Waals surface area contributed by atoms with E-state index in [0.717, 1.165) is 57.6 Å². The van der Waals surface area contributed by atoms with Crippen molar-refractivity contribution in [3.63, 3.8) is 0 Å². The molecule has 1 aliphatic heterocycles. The molecule has 7 nitrogen and oxygen atoms in total. The first kappa shape index (κ1) is 22.3. The molecule has 2 heterocycles. The molecule has 0 radical (unpaired) electrons. The number of aromatic nitrogens is 2. The second-order valence-corrected chi connectivity index (χ2v) is 10.7. The van der Waals surface area contributed by atoms with Crippen molar-refractivity contribution in [2.75, 3.05) is 24.2 Å². The molecule has 1 saturated carbocycles. The van der Waals surface area contributed by atoms with Crippen LogP contribution >= 0.6 is 11.6 Å². The van der Waals surface area contributed by atoms with Gasteiger partial charge in [-0.3, -0.25) is 0 Å². The van der Waals surface area contributed by atoms with E-state index in [1.54, 1.807) is 36.7 Å². The minimum Gasteiger partial charge on any atom is -0.490 e. The van der Waals surface area contributed by atoms with Gasteiger partial charge in [0.15, 0.2) is 9.84 Å². The predicted molar refractivity (Wildman–Crippen MR) is 120 cm³/mol. The Morgan fingerprint density at radius 2 is 1.45 bits per heavy atom. The quantitative estimate of drug-likeness (QED) is 0.639. The first-order valence-electron chi connectivity index (χ1n) is 10.7. The lowest BCUT2D eigenvalue weighted by atomic mass is 9.94. The zero-order valence-electron chi connectivity index (χ0n) is 17.6. The largest absolute Gasteiger partial charge is 0.490 e. The fourth-order valence-electron chi connectivity index (χ4n) is 4.18. The topological polar surface area (TPSA) is 81.6 Å². The van der Waals surface area contributed by atoms with Gasteiger partial charge in [-0.2, -0.15) is 0 Å². The minimum absolute atomic E-state index is 0.146. The van der Waals surface area contributed by atoms with Crippen LogP contribution in [0.1, 0.15) is 38.5 Å². The van der Waals surface area contributed by atoms with Crippen LogP contribution in [0.2, 0.25) is 5.02 Å². The third-order valence-corrected chi connectivity index (χ3v) is 7.22. The van der Waals surface area contributed by atoms with Gasteiger partial charge >= 0.3 is 0 Å². The summed E-state index contributed by atoms with van der Waals surface area (Å²) in [5.74, 6) is 1.44. The van der Waals surface area contributed by atoms with Crippen LogP contribution in [0.4, 0.5) is 5.95 Å². The number of rotatable bonds is 6. The van der Waals surface area contributed by atoms with Crippen molar-refractivity contribution in [2.45, 2.75) is 61.7 Å². The van der Waals surface area contributed by atoms with Gasteiger partial charge in [-0.15, -0.1) is 0 Å². The Kier molecular flexibility index (Phi) is 6.99. The Balaban J connectivity index is 1.19. The summed E-state index contributed by atoms with van der Waals surface area (Å²) in [7, 11) is -3.18. The number of hydrogen-bond donors (Lipinski definition) is 0. The van der Waals surface area contributed by atoms with Crippen LogP contribution in [0.5, 0.6) is 5.75 Å². The second kappa shape index (κ2) is 9.71. The molecule has 2 fully saturated rings. The van der Waals surface area contributed by atoms with Gasteiger partial charge in [-0.05, 0) is 62.8 Å². The number of piperidine rings is 1. The van der Waals surface area contributed by atoms with E-state index in [0.29, 0.717) is 15.7 Å². The fraction of sp³-hybridized carbons (Fsp3) is 0.545. The average molecular weight is 466 g/mol. The van der Waals surface area contributed by atoms with Crippen LogP contribution in [0.25, 0.3) is 0 Å². The molecule has 168 valence electrons. The average Bonchev–Trinajstić information content (AvgIpc) is 2.76. The first-order valence-corrected chi connectivity index (χ1v) is 13.0. The van der Waals surface area contributed by atoms with E-state index < -0.39 is 9.84 Å². The molecular weight excluding hydrogens is 438 g/mol. The Morgan fingerprint density at radius 3 is 2.03 bits per heavy atom. The summed E-state index contributed by atoms with van der Waals surface area (Å²) in [5, 5.41) is 0.549. The molecular formula is C22H28ClN3O4S. The van der Waals surface area contributed by atoms with Crippen LogP contribution < -0.4 is 9.64 Å². The Morgan fingerprint density at radius 1 is 0.903 bits per heavy atom. The molecule has 9 heteroatoms. The summed E-state index contributed by atoms with van der Waals surface area (Å²) in [5.41, 5.74) is 0. The van der Waals surface area contributed by atoms with Gasteiger partial charge in [0.1, 0.15) is 5.75 Å². The van der Waals surface area contributed by atoms with Crippen LogP contribution in [-0.4, -0.2) is 56.0 Å². The maximum absolute atomic E-state index is 11.6. The number of benzene rings is 1. The Bertz CT molecular complexity index is 953. The molecule has 1 aliphatic carbocycles. The summed E-state index contributed by atoms with van der Waals surface area (Å²) in [6.45, 7) is 1.77. The van der Waals surface area contributed by atoms with Crippen molar-refractivity contribution in [3.8, 4) is 5.75 Å². The smallest absolute Gasteiger partial charge is 0.225 e. The third-order valence-electron chi connectivity index (χ3n) is 5.89. The van der Waals surface area contributed by atoms with Gasteiger partial charge in [0.2, 0.25) is 5.95 Å². The number of hydrogen-bond acceptors (Lipinski definition) is 7. The lowest BCUT2D eigenvalue weighted by molar-refractivity contribution is -0.0528. The van der Waals surface area contributed by atoms with Crippen molar-refractivity contribution < 1.29 is 17.9 Å². The van der Waals surface area contributed by atoms with Gasteiger partial charge in [-0.25, -0.2) is 18.4 Å². The lowest BCUT2D eigenvalue weighted by Gasteiger charge is -2.36. The van der Waals surface area contributed by atoms with Gasteiger partial charge in [0, 0.05) is 19.3 Å². The summed E-state index contributed by atoms with van der Waals surface area (Å²) >= 11 is 5.87. The Hall–Kier alpha value is -1.90. The molecule has 0 spiro atoms. The molecule has 0 N–H and O–H groups in total. The van der Waals surface area contributed by atoms with E-state index in [9.17, 15) is 8.42 Å². The highest BCUT2D eigenvalue weighted by Gasteiger charge is 2.28. The van der Waals surface area contributed by atoms with Gasteiger partial charge in [0.25, 0.3) is 0 Å². The van der Waals surface area contributed by atoms with Crippen LogP contribution in [0.15, 0.2) is 41.6 Å². The Labute approximate surface area is 188 Å². The molecule has 0 atom stereocenters. The van der Waals surface area contributed by atoms with E-state index in [4.69, 9.17) is 21.1 Å². The number of nitrogens with zero attached hydrogens (tertiary/aromatic N) is 3. The van der Waals surface area contributed by atoms with E-state index in [1.807, 2.05) is 0 Å². The van der Waals surface area contributed by atoms with Crippen LogP contribution in [0.3, 0.4) is 0 Å². The molecule has 0 bridgehead atoms. The van der Waals surface area contributed by atoms with Crippen molar-refractivity contribution >= 4 is 27.4 Å². The first-order chi connectivity index (χ1) is 14.9. The summed E-state index contributed by atoms with van der Waals surface area (Å²) < 4.78 is 35.6. The minimum atomic E-state index is -3.18. The maximum Gasteiger partial charge on any atom is 0.225 e. The summed E-state index contributed by atoms with van der Waals surface area (Å²) in [6, 6.07) is 6.66. The molecule has 1 saturated heterocycles. The van der Waals surface area contributed by atoms with E-state index in [2.05, 4.69) is 14.9 Å². The summed E-state index contributed by atoms with van der Waals surface area (Å²) in [4.78, 5) is 11.1. The van der Waals surface area contributed by atoms with Crippen molar-refractivity contribution in [1.82, 2.24) is 9.97 Å². The highest BCUT2D eigenvalue weighted by Crippen LogP contribution is 2.29. The van der Waals surface area contributed by atoms with E-state index in [-0.39, 0.29) is 18.3 Å². The number of sulfone groups is 1. The number of anilines is 1. The monoisotopic (exact) mass is 465 g/mol. The number of halogens is 1. The molecule has 2 aromatic rings. The van der Waals surface area contributed by atoms with Gasteiger partial charge in [0.05, 0.1) is 40.6 Å². The van der Waals surface area contributed by atoms with E-state index >= 15 is 0 Å². The highest BCUT2D eigenvalue weighted by molar-refractivity contribution is 7.90. The SMILES string of the molecule is CS(=O)(=O)c1ccc(OC2CCC(OC3CCN(c4ncc(Cl)cn4)CC3)CC2)cc1. The predicted octanol–water partition coefficient (Wildman–Crippen LogP) is 3.91. The standard InChI is InChI=1S/C22H28ClN3O4S/c1-31(27,28)21-8-6-19(7-9-21)29-17-2-4-18(5-3-17)30-20-10-12-26(13-11-20)22-24-14-16(23)15-25-22/h6-9,14-15,17-18,20H,2-5,10-13H2,1H3.